The Morgan fingerprint density at radius 1 is 1.30 bits per heavy atom. The van der Waals surface area contributed by atoms with E-state index in [0.717, 1.165) is 51.3 Å². The number of anilines is 1. The van der Waals surface area contributed by atoms with Crippen molar-refractivity contribution < 1.29 is 4.79 Å². The molecular formula is C20H34IN5O. The van der Waals surface area contributed by atoms with Gasteiger partial charge in [0.05, 0.1) is 0 Å². The topological polar surface area (TPSA) is 60.0 Å². The van der Waals surface area contributed by atoms with Crippen molar-refractivity contribution in [2.45, 2.75) is 38.6 Å². The quantitative estimate of drug-likeness (QED) is 0.269. The van der Waals surface area contributed by atoms with E-state index in [1.165, 1.54) is 5.69 Å². The van der Waals surface area contributed by atoms with Gasteiger partial charge in [-0.1, -0.05) is 31.5 Å². The van der Waals surface area contributed by atoms with Crippen molar-refractivity contribution in [3.63, 3.8) is 0 Å². The molecule has 0 aliphatic carbocycles. The fourth-order valence-electron chi connectivity index (χ4n) is 2.99. The van der Waals surface area contributed by atoms with Gasteiger partial charge in [-0.2, -0.15) is 0 Å². The molecule has 6 nitrogen and oxygen atoms in total. The normalized spacial score (nSPS) is 17.1. The fraction of sp³-hybridized carbons (Fsp3) is 0.600. The molecule has 1 heterocycles. The highest BCUT2D eigenvalue weighted by atomic mass is 127. The first kappa shape index (κ1) is 23.5. The van der Waals surface area contributed by atoms with Crippen LogP contribution in [0.4, 0.5) is 5.69 Å². The molecule has 0 radical (unpaired) electrons. The van der Waals surface area contributed by atoms with Crippen molar-refractivity contribution in [2.75, 3.05) is 45.2 Å². The molecule has 1 aliphatic rings. The fourth-order valence-corrected chi connectivity index (χ4v) is 2.99. The number of para-hydroxylation sites is 1. The van der Waals surface area contributed by atoms with Crippen LogP contribution in [-0.2, 0) is 4.79 Å². The van der Waals surface area contributed by atoms with Gasteiger partial charge in [0.15, 0.2) is 5.96 Å². The minimum absolute atomic E-state index is 0. The van der Waals surface area contributed by atoms with Crippen LogP contribution in [0, 0.1) is 0 Å². The predicted molar refractivity (Wildman–Crippen MR) is 124 cm³/mol. The summed E-state index contributed by atoms with van der Waals surface area (Å²) in [4.78, 5) is 20.3. The minimum Gasteiger partial charge on any atom is -0.369 e. The van der Waals surface area contributed by atoms with E-state index >= 15 is 0 Å². The summed E-state index contributed by atoms with van der Waals surface area (Å²) in [6, 6.07) is 10.9. The number of carbonyl (C=O) groups is 1. The van der Waals surface area contributed by atoms with E-state index in [1.54, 1.807) is 19.0 Å². The maximum Gasteiger partial charge on any atom is 0.243 e. The predicted octanol–water partition coefficient (Wildman–Crippen LogP) is 2.70. The first-order chi connectivity index (χ1) is 12.6. The number of guanidine groups is 1. The lowest BCUT2D eigenvalue weighted by molar-refractivity contribution is -0.127. The van der Waals surface area contributed by atoms with Crippen LogP contribution in [0.5, 0.6) is 0 Å². The van der Waals surface area contributed by atoms with Crippen molar-refractivity contribution in [1.82, 2.24) is 15.5 Å². The zero-order chi connectivity index (χ0) is 18.8. The second kappa shape index (κ2) is 12.8. The Balaban J connectivity index is 0.00000364. The van der Waals surface area contributed by atoms with E-state index in [0.29, 0.717) is 6.04 Å². The van der Waals surface area contributed by atoms with E-state index < -0.39 is 0 Å². The van der Waals surface area contributed by atoms with Gasteiger partial charge in [-0.15, -0.1) is 24.0 Å². The number of hydrogen-bond acceptors (Lipinski definition) is 3. The summed E-state index contributed by atoms with van der Waals surface area (Å²) in [5.74, 6) is 0.754. The lowest BCUT2D eigenvalue weighted by Gasteiger charge is -2.35. The lowest BCUT2D eigenvalue weighted by atomic mass is 10.1. The van der Waals surface area contributed by atoms with Gasteiger partial charge in [0, 0.05) is 45.5 Å². The molecule has 1 atom stereocenters. The molecule has 2 rings (SSSR count). The number of benzene rings is 1. The third-order valence-corrected chi connectivity index (χ3v) is 4.58. The van der Waals surface area contributed by atoms with E-state index in [9.17, 15) is 4.79 Å². The molecule has 1 amide bonds. The minimum atomic E-state index is 0. The SMILES string of the molecule is CCCCNC(=NCC(=O)N(C)C)NC1CCCN(c2ccccc2)C1.I. The van der Waals surface area contributed by atoms with E-state index in [2.05, 4.69) is 51.7 Å². The zero-order valence-corrected chi connectivity index (χ0v) is 19.1. The number of carbonyl (C=O) groups excluding carboxylic acids is 1. The molecule has 0 saturated carbocycles. The first-order valence-corrected chi connectivity index (χ1v) is 9.65. The number of amides is 1. The first-order valence-electron chi connectivity index (χ1n) is 9.65. The highest BCUT2D eigenvalue weighted by Gasteiger charge is 2.21. The summed E-state index contributed by atoms with van der Waals surface area (Å²) < 4.78 is 0. The standard InChI is InChI=1S/C20H33N5O.HI/c1-4-5-13-21-20(22-15-19(26)24(2)3)23-17-10-9-14-25(16-17)18-11-7-6-8-12-18;/h6-8,11-12,17H,4-5,9-10,13-16H2,1-3H3,(H2,21,22,23);1H. The van der Waals surface area contributed by atoms with Crippen LogP contribution in [-0.4, -0.2) is 63.1 Å². The average Bonchev–Trinajstić information content (AvgIpc) is 2.66. The molecule has 7 heteroatoms. The van der Waals surface area contributed by atoms with Crippen LogP contribution >= 0.6 is 24.0 Å². The Morgan fingerprint density at radius 3 is 2.70 bits per heavy atom. The average molecular weight is 487 g/mol. The second-order valence-corrected chi connectivity index (χ2v) is 7.00. The van der Waals surface area contributed by atoms with Crippen molar-refractivity contribution >= 4 is 41.5 Å². The maximum absolute atomic E-state index is 11.9. The van der Waals surface area contributed by atoms with Gasteiger partial charge in [-0.3, -0.25) is 4.79 Å². The second-order valence-electron chi connectivity index (χ2n) is 7.00. The molecule has 1 fully saturated rings. The molecule has 0 bridgehead atoms. The number of unbranched alkanes of at least 4 members (excludes halogenated alkanes) is 1. The number of hydrogen-bond donors (Lipinski definition) is 2. The number of nitrogens with one attached hydrogen (secondary N) is 2. The van der Waals surface area contributed by atoms with Crippen LogP contribution in [0.15, 0.2) is 35.3 Å². The molecule has 27 heavy (non-hydrogen) atoms. The van der Waals surface area contributed by atoms with Crippen molar-refractivity contribution in [1.29, 1.82) is 0 Å². The number of piperidine rings is 1. The molecule has 152 valence electrons. The highest BCUT2D eigenvalue weighted by molar-refractivity contribution is 14.0. The molecule has 1 aromatic carbocycles. The van der Waals surface area contributed by atoms with Crippen molar-refractivity contribution in [2.24, 2.45) is 4.99 Å². The summed E-state index contributed by atoms with van der Waals surface area (Å²) >= 11 is 0. The van der Waals surface area contributed by atoms with E-state index in [1.807, 2.05) is 6.07 Å². The Bertz CT molecular complexity index is 579. The van der Waals surface area contributed by atoms with Gasteiger partial charge in [-0.05, 0) is 31.4 Å². The summed E-state index contributed by atoms with van der Waals surface area (Å²) in [5.41, 5.74) is 1.26. The van der Waals surface area contributed by atoms with Crippen LogP contribution < -0.4 is 15.5 Å². The zero-order valence-electron chi connectivity index (χ0n) is 16.8. The summed E-state index contributed by atoms with van der Waals surface area (Å²) in [5, 5.41) is 6.90. The Kier molecular flexibility index (Phi) is 11.2. The van der Waals surface area contributed by atoms with Gasteiger partial charge in [0.25, 0.3) is 0 Å². The van der Waals surface area contributed by atoms with E-state index in [4.69, 9.17) is 0 Å². The molecule has 0 spiro atoms. The molecule has 1 saturated heterocycles. The smallest absolute Gasteiger partial charge is 0.243 e. The lowest BCUT2D eigenvalue weighted by Crippen LogP contribution is -2.51. The van der Waals surface area contributed by atoms with E-state index in [-0.39, 0.29) is 36.4 Å². The number of rotatable bonds is 7. The van der Waals surface area contributed by atoms with Crippen LogP contribution in [0.25, 0.3) is 0 Å². The number of nitrogens with zero attached hydrogens (tertiary/aromatic N) is 3. The number of likely N-dealkylation sites (N-methyl/N-ethyl adjacent to an activating group) is 1. The maximum atomic E-state index is 11.9. The van der Waals surface area contributed by atoms with Crippen molar-refractivity contribution in [3.05, 3.63) is 30.3 Å². The Morgan fingerprint density at radius 2 is 2.04 bits per heavy atom. The van der Waals surface area contributed by atoms with Gasteiger partial charge < -0.3 is 20.4 Å². The molecule has 1 aromatic rings. The number of halogens is 1. The summed E-state index contributed by atoms with van der Waals surface area (Å²) in [6.45, 7) is 5.23. The molecule has 1 unspecified atom stereocenters. The third-order valence-electron chi connectivity index (χ3n) is 4.58. The van der Waals surface area contributed by atoms with Gasteiger partial charge >= 0.3 is 0 Å². The van der Waals surface area contributed by atoms with Crippen LogP contribution in [0.1, 0.15) is 32.6 Å². The summed E-state index contributed by atoms with van der Waals surface area (Å²) in [6.07, 6.45) is 4.47. The highest BCUT2D eigenvalue weighted by Crippen LogP contribution is 2.19. The summed E-state index contributed by atoms with van der Waals surface area (Å²) in [7, 11) is 3.52. The number of aliphatic imine (C=N–C) groups is 1. The van der Waals surface area contributed by atoms with Crippen LogP contribution in [0.3, 0.4) is 0 Å². The Hall–Kier alpha value is -1.51. The molecule has 2 N–H and O–H groups in total. The third kappa shape index (κ3) is 8.36. The monoisotopic (exact) mass is 487 g/mol. The molecule has 0 aromatic heterocycles. The molecular weight excluding hydrogens is 453 g/mol. The van der Waals surface area contributed by atoms with Gasteiger partial charge in [0.1, 0.15) is 6.54 Å². The van der Waals surface area contributed by atoms with Crippen molar-refractivity contribution in [3.8, 4) is 0 Å². The van der Waals surface area contributed by atoms with Gasteiger partial charge in [-0.25, -0.2) is 4.99 Å². The van der Waals surface area contributed by atoms with Gasteiger partial charge in [0.2, 0.25) is 5.91 Å². The largest absolute Gasteiger partial charge is 0.369 e. The van der Waals surface area contributed by atoms with Crippen LogP contribution in [0.2, 0.25) is 0 Å². The molecule has 1 aliphatic heterocycles. The Labute approximate surface area is 180 Å².